The standard InChI is InChI=1S/C14H12FN3O2S/c1-7-5-11(19)8(6-17-7)14(20)18-10-4-2-3-9(15)12(10)13(16)21/h2-6H,1H3,(H2,16,21)(H,17,19)(H,18,20). The molecule has 5 nitrogen and oxygen atoms in total. The molecule has 0 fully saturated rings. The smallest absolute Gasteiger partial charge is 0.261 e. The number of anilines is 1. The van der Waals surface area contributed by atoms with Crippen LogP contribution in [-0.4, -0.2) is 15.9 Å². The van der Waals surface area contributed by atoms with Crippen LogP contribution in [0, 0.1) is 12.7 Å². The van der Waals surface area contributed by atoms with Gasteiger partial charge in [0.1, 0.15) is 16.4 Å². The molecule has 0 unspecified atom stereocenters. The number of aromatic nitrogens is 1. The third kappa shape index (κ3) is 3.14. The molecule has 0 atom stereocenters. The second kappa shape index (κ2) is 5.84. The molecule has 0 saturated heterocycles. The maximum absolute atomic E-state index is 13.7. The Morgan fingerprint density at radius 2 is 2.14 bits per heavy atom. The lowest BCUT2D eigenvalue weighted by atomic mass is 10.1. The molecule has 2 rings (SSSR count). The van der Waals surface area contributed by atoms with E-state index < -0.39 is 17.2 Å². The fourth-order valence-corrected chi connectivity index (χ4v) is 2.03. The highest BCUT2D eigenvalue weighted by Crippen LogP contribution is 2.19. The third-order valence-corrected chi connectivity index (χ3v) is 3.01. The van der Waals surface area contributed by atoms with Crippen molar-refractivity contribution in [3.63, 3.8) is 0 Å². The van der Waals surface area contributed by atoms with Gasteiger partial charge >= 0.3 is 0 Å². The molecule has 0 bridgehead atoms. The Kier molecular flexibility index (Phi) is 4.13. The number of benzene rings is 1. The van der Waals surface area contributed by atoms with Crippen molar-refractivity contribution in [2.24, 2.45) is 5.73 Å². The van der Waals surface area contributed by atoms with Crippen LogP contribution in [0.25, 0.3) is 0 Å². The van der Waals surface area contributed by atoms with Crippen molar-refractivity contribution in [1.82, 2.24) is 4.98 Å². The first-order valence-corrected chi connectivity index (χ1v) is 6.40. The number of carbonyl (C=O) groups is 1. The number of aromatic amines is 1. The Labute approximate surface area is 125 Å². The first kappa shape index (κ1) is 14.9. The molecular formula is C14H12FN3O2S. The summed E-state index contributed by atoms with van der Waals surface area (Å²) >= 11 is 4.77. The summed E-state index contributed by atoms with van der Waals surface area (Å²) < 4.78 is 13.7. The number of carbonyl (C=O) groups excluding carboxylic acids is 1. The minimum Gasteiger partial charge on any atom is -0.389 e. The number of pyridine rings is 1. The van der Waals surface area contributed by atoms with Crippen molar-refractivity contribution in [2.75, 3.05) is 5.32 Å². The third-order valence-electron chi connectivity index (χ3n) is 2.81. The Hall–Kier alpha value is -2.54. The van der Waals surface area contributed by atoms with Gasteiger partial charge in [0.25, 0.3) is 5.91 Å². The molecule has 4 N–H and O–H groups in total. The van der Waals surface area contributed by atoms with Crippen molar-refractivity contribution in [1.29, 1.82) is 0 Å². The molecule has 1 aromatic heterocycles. The molecule has 21 heavy (non-hydrogen) atoms. The van der Waals surface area contributed by atoms with Gasteiger partial charge in [-0.15, -0.1) is 0 Å². The number of H-pyrrole nitrogens is 1. The molecule has 0 spiro atoms. The van der Waals surface area contributed by atoms with Crippen LogP contribution in [0.5, 0.6) is 0 Å². The zero-order valence-electron chi connectivity index (χ0n) is 11.1. The molecule has 0 aliphatic rings. The number of thiocarbonyl (C=S) groups is 1. The number of amides is 1. The van der Waals surface area contributed by atoms with Crippen LogP contribution < -0.4 is 16.5 Å². The van der Waals surface area contributed by atoms with Crippen molar-refractivity contribution in [3.05, 3.63) is 63.3 Å². The average molecular weight is 305 g/mol. The lowest BCUT2D eigenvalue weighted by Gasteiger charge is -2.10. The average Bonchev–Trinajstić information content (AvgIpc) is 2.37. The van der Waals surface area contributed by atoms with Gasteiger partial charge in [0.2, 0.25) is 0 Å². The summed E-state index contributed by atoms with van der Waals surface area (Å²) in [5.41, 5.74) is 5.62. The number of rotatable bonds is 3. The number of hydrogen-bond donors (Lipinski definition) is 3. The van der Waals surface area contributed by atoms with Crippen molar-refractivity contribution >= 4 is 28.8 Å². The van der Waals surface area contributed by atoms with Gasteiger partial charge in [-0.25, -0.2) is 4.39 Å². The van der Waals surface area contributed by atoms with E-state index in [1.165, 1.54) is 30.5 Å². The van der Waals surface area contributed by atoms with Gasteiger partial charge in [0, 0.05) is 18.0 Å². The van der Waals surface area contributed by atoms with Gasteiger partial charge < -0.3 is 16.0 Å². The summed E-state index contributed by atoms with van der Waals surface area (Å²) in [5.74, 6) is -1.31. The molecule has 1 aromatic carbocycles. The van der Waals surface area contributed by atoms with Crippen LogP contribution in [0.1, 0.15) is 21.6 Å². The Morgan fingerprint density at radius 1 is 1.43 bits per heavy atom. The summed E-state index contributed by atoms with van der Waals surface area (Å²) in [5, 5.41) is 2.44. The SMILES string of the molecule is Cc1cc(=O)c(C(=O)Nc2cccc(F)c2C(N)=S)c[nH]1. The lowest BCUT2D eigenvalue weighted by molar-refractivity contribution is 0.102. The molecule has 0 aliphatic carbocycles. The van der Waals surface area contributed by atoms with E-state index in [-0.39, 0.29) is 21.8 Å². The van der Waals surface area contributed by atoms with Crippen LogP contribution >= 0.6 is 12.2 Å². The van der Waals surface area contributed by atoms with Gasteiger partial charge in [-0.3, -0.25) is 9.59 Å². The van der Waals surface area contributed by atoms with E-state index in [1.807, 2.05) is 0 Å². The Balaban J connectivity index is 2.39. The summed E-state index contributed by atoms with van der Waals surface area (Å²) in [6, 6.07) is 5.35. The molecule has 108 valence electrons. The van der Waals surface area contributed by atoms with E-state index in [4.69, 9.17) is 18.0 Å². The summed E-state index contributed by atoms with van der Waals surface area (Å²) in [6.45, 7) is 1.70. The quantitative estimate of drug-likeness (QED) is 0.753. The lowest BCUT2D eigenvalue weighted by Crippen LogP contribution is -2.24. The Bertz CT molecular complexity index is 786. The van der Waals surface area contributed by atoms with Crippen LogP contribution in [0.2, 0.25) is 0 Å². The topological polar surface area (TPSA) is 88.0 Å². The van der Waals surface area contributed by atoms with E-state index in [1.54, 1.807) is 6.92 Å². The number of nitrogens with two attached hydrogens (primary N) is 1. The fraction of sp³-hybridized carbons (Fsp3) is 0.0714. The van der Waals surface area contributed by atoms with Gasteiger partial charge in [-0.1, -0.05) is 18.3 Å². The van der Waals surface area contributed by atoms with E-state index in [0.717, 1.165) is 0 Å². The van der Waals surface area contributed by atoms with Gasteiger partial charge in [0.15, 0.2) is 5.43 Å². The highest BCUT2D eigenvalue weighted by atomic mass is 32.1. The zero-order valence-corrected chi connectivity index (χ0v) is 11.9. The number of nitrogens with one attached hydrogen (secondary N) is 2. The number of halogens is 1. The predicted molar refractivity (Wildman–Crippen MR) is 82.0 cm³/mol. The monoisotopic (exact) mass is 305 g/mol. The van der Waals surface area contributed by atoms with E-state index in [2.05, 4.69) is 10.3 Å². The van der Waals surface area contributed by atoms with Gasteiger partial charge in [-0.2, -0.15) is 0 Å². The first-order chi connectivity index (χ1) is 9.90. The first-order valence-electron chi connectivity index (χ1n) is 5.99. The largest absolute Gasteiger partial charge is 0.389 e. The molecule has 1 heterocycles. The summed E-state index contributed by atoms with van der Waals surface area (Å²) in [7, 11) is 0. The molecule has 7 heteroatoms. The molecule has 0 radical (unpaired) electrons. The highest BCUT2D eigenvalue weighted by molar-refractivity contribution is 7.80. The second-order valence-corrected chi connectivity index (χ2v) is 4.81. The minimum absolute atomic E-state index is 0.0654. The predicted octanol–water partition coefficient (Wildman–Crippen LogP) is 1.71. The van der Waals surface area contributed by atoms with Crippen LogP contribution in [-0.2, 0) is 0 Å². The number of aryl methyl sites for hydroxylation is 1. The maximum Gasteiger partial charge on any atom is 0.261 e. The fourth-order valence-electron chi connectivity index (χ4n) is 1.82. The number of hydrogen-bond acceptors (Lipinski definition) is 3. The molecular weight excluding hydrogens is 293 g/mol. The van der Waals surface area contributed by atoms with E-state index in [0.29, 0.717) is 5.69 Å². The maximum atomic E-state index is 13.7. The van der Waals surface area contributed by atoms with Crippen molar-refractivity contribution < 1.29 is 9.18 Å². The van der Waals surface area contributed by atoms with Crippen LogP contribution in [0.3, 0.4) is 0 Å². The van der Waals surface area contributed by atoms with Crippen molar-refractivity contribution in [2.45, 2.75) is 6.92 Å². The van der Waals surface area contributed by atoms with Crippen molar-refractivity contribution in [3.8, 4) is 0 Å². The van der Waals surface area contributed by atoms with E-state index >= 15 is 0 Å². The Morgan fingerprint density at radius 3 is 2.76 bits per heavy atom. The zero-order chi connectivity index (χ0) is 15.6. The normalized spacial score (nSPS) is 10.2. The molecule has 1 amide bonds. The van der Waals surface area contributed by atoms with Gasteiger partial charge in [0.05, 0.1) is 11.3 Å². The summed E-state index contributed by atoms with van der Waals surface area (Å²) in [6.07, 6.45) is 1.30. The van der Waals surface area contributed by atoms with Crippen LogP contribution in [0.15, 0.2) is 35.3 Å². The van der Waals surface area contributed by atoms with Crippen LogP contribution in [0.4, 0.5) is 10.1 Å². The van der Waals surface area contributed by atoms with Gasteiger partial charge in [-0.05, 0) is 19.1 Å². The molecule has 0 saturated carbocycles. The van der Waals surface area contributed by atoms with E-state index in [9.17, 15) is 14.0 Å². The minimum atomic E-state index is -0.667. The summed E-state index contributed by atoms with van der Waals surface area (Å²) in [4.78, 5) is 26.4. The second-order valence-electron chi connectivity index (χ2n) is 4.37. The molecule has 2 aromatic rings. The molecule has 0 aliphatic heterocycles. The highest BCUT2D eigenvalue weighted by Gasteiger charge is 2.16.